The summed E-state index contributed by atoms with van der Waals surface area (Å²) in [5, 5.41) is 0. The van der Waals surface area contributed by atoms with Crippen LogP contribution in [0.1, 0.15) is 154 Å². The van der Waals surface area contributed by atoms with Crippen molar-refractivity contribution >= 4 is 31.9 Å². The molecule has 0 radical (unpaired) electrons. The van der Waals surface area contributed by atoms with Gasteiger partial charge in [-0.15, -0.1) is 0 Å². The molecule has 326 valence electrons. The van der Waals surface area contributed by atoms with Gasteiger partial charge in [0.25, 0.3) is 0 Å². The van der Waals surface area contributed by atoms with Crippen LogP contribution in [-0.4, -0.2) is 0 Å². The second kappa shape index (κ2) is 16.9. The van der Waals surface area contributed by atoms with Crippen molar-refractivity contribution < 1.29 is 0 Å². The largest absolute Gasteiger partial charge is 0.0628 e. The summed E-state index contributed by atoms with van der Waals surface area (Å²) in [5.74, 6) is 2.63. The van der Waals surface area contributed by atoms with Crippen molar-refractivity contribution in [2.45, 2.75) is 137 Å². The number of fused-ring (bicyclic) bond motifs is 9. The molecule has 3 aliphatic carbocycles. The molecule has 6 aromatic rings. The van der Waals surface area contributed by atoms with Gasteiger partial charge in [-0.3, -0.25) is 0 Å². The molecule has 0 nitrogen and oxygen atoms in total. The van der Waals surface area contributed by atoms with E-state index in [0.717, 1.165) is 0 Å². The Kier molecular flexibility index (Phi) is 12.0. The summed E-state index contributed by atoms with van der Waals surface area (Å²) < 4.78 is 2.37. The fraction of sp³-hybridized carbons (Fsp3) is 0.410. The van der Waals surface area contributed by atoms with Gasteiger partial charge < -0.3 is 0 Å². The molecule has 0 aliphatic heterocycles. The van der Waals surface area contributed by atoms with E-state index in [9.17, 15) is 0 Å². The van der Waals surface area contributed by atoms with Gasteiger partial charge in [0.1, 0.15) is 0 Å². The summed E-state index contributed by atoms with van der Waals surface area (Å²) in [6.45, 7) is 24.0. The van der Waals surface area contributed by atoms with Crippen LogP contribution in [0.4, 0.5) is 0 Å². The van der Waals surface area contributed by atoms with Crippen molar-refractivity contribution in [2.75, 3.05) is 0 Å². The van der Waals surface area contributed by atoms with Gasteiger partial charge in [0.05, 0.1) is 0 Å². The summed E-state index contributed by atoms with van der Waals surface area (Å²) in [7, 11) is 0. The minimum Gasteiger partial charge on any atom is -0.0628 e. The second-order valence-electron chi connectivity index (χ2n) is 21.9. The van der Waals surface area contributed by atoms with Crippen LogP contribution in [0.3, 0.4) is 0 Å². The molecule has 0 unspecified atom stereocenters. The number of halogens is 2. The molecule has 0 heterocycles. The molecule has 3 aliphatic rings. The molecule has 9 rings (SSSR count). The Balaban J connectivity index is 1.10. The Bertz CT molecular complexity index is 2490. The first-order valence-electron chi connectivity index (χ1n) is 24.2. The van der Waals surface area contributed by atoms with Crippen molar-refractivity contribution in [3.63, 3.8) is 0 Å². The molecule has 0 atom stereocenters. The van der Waals surface area contributed by atoms with Crippen LogP contribution in [0.25, 0.3) is 55.6 Å². The molecule has 63 heavy (non-hydrogen) atoms. The maximum Gasteiger partial charge on any atom is 0.0216 e. The predicted octanol–water partition coefficient (Wildman–Crippen LogP) is 19.1. The van der Waals surface area contributed by atoms with Gasteiger partial charge in [-0.25, -0.2) is 0 Å². The zero-order valence-electron chi connectivity index (χ0n) is 39.6. The zero-order valence-corrected chi connectivity index (χ0v) is 42.8. The topological polar surface area (TPSA) is 0 Å². The molecule has 0 bridgehead atoms. The SMILES string of the molecule is CC(C)CCC1(CCC(C)C)c2cc(Br)ccc2-c2ccc(-c3ccc4c(c3)C(C)(C)c3cc(-c5ccc6c(c5)C(CCC(C)C)(CCC(C)C)c5cc(Br)ccc5-6)ccc3-4)cc21. The van der Waals surface area contributed by atoms with E-state index in [4.69, 9.17) is 0 Å². The maximum atomic E-state index is 3.88. The molecular formula is C61H68Br2. The number of benzene rings is 6. The van der Waals surface area contributed by atoms with E-state index in [1.54, 1.807) is 0 Å². The van der Waals surface area contributed by atoms with Crippen molar-refractivity contribution in [2.24, 2.45) is 23.7 Å². The monoisotopic (exact) mass is 958 g/mol. The normalized spacial score (nSPS) is 15.8. The first-order chi connectivity index (χ1) is 30.0. The lowest BCUT2D eigenvalue weighted by molar-refractivity contribution is 0.364. The standard InChI is InChI=1S/C61H68Br2/c1-37(2)23-27-60(28-24-38(3)4)55-33-43(13-19-49(55)51-21-15-45(62)35-57(51)60)41-11-17-47-48-18-12-42(32-54(48)59(9,10)53(47)31-41)44-14-20-50-52-22-16-46(63)36-58(52)61(56(50)34-44,29-25-39(5)6)30-26-40(7)8/h11-22,31-40H,23-30H2,1-10H3. The van der Waals surface area contributed by atoms with Gasteiger partial charge in [-0.05, 0) is 213 Å². The lowest BCUT2D eigenvalue weighted by Gasteiger charge is -2.34. The average Bonchev–Trinajstić information content (AvgIpc) is 3.77. The van der Waals surface area contributed by atoms with Crippen molar-refractivity contribution in [3.05, 3.63) is 152 Å². The molecule has 0 aromatic heterocycles. The van der Waals surface area contributed by atoms with Gasteiger partial charge >= 0.3 is 0 Å². The Labute approximate surface area is 397 Å². The van der Waals surface area contributed by atoms with E-state index in [0.29, 0.717) is 23.7 Å². The quantitative estimate of drug-likeness (QED) is 0.102. The van der Waals surface area contributed by atoms with Crippen LogP contribution >= 0.6 is 31.9 Å². The third kappa shape index (κ3) is 7.76. The van der Waals surface area contributed by atoms with E-state index in [2.05, 4.69) is 210 Å². The van der Waals surface area contributed by atoms with Crippen LogP contribution in [0.15, 0.2) is 118 Å². The molecule has 0 fully saturated rings. The molecular weight excluding hydrogens is 892 g/mol. The lowest BCUT2D eigenvalue weighted by Crippen LogP contribution is -2.27. The highest BCUT2D eigenvalue weighted by Gasteiger charge is 2.45. The zero-order chi connectivity index (χ0) is 44.6. The van der Waals surface area contributed by atoms with Gasteiger partial charge in [-0.2, -0.15) is 0 Å². The summed E-state index contributed by atoms with van der Waals surface area (Å²) in [5.41, 5.74) is 22.6. The molecule has 0 saturated heterocycles. The van der Waals surface area contributed by atoms with E-state index in [1.807, 2.05) is 0 Å². The minimum atomic E-state index is -0.133. The number of hydrogen-bond acceptors (Lipinski definition) is 0. The van der Waals surface area contributed by atoms with Gasteiger partial charge in [0.2, 0.25) is 0 Å². The highest BCUT2D eigenvalue weighted by molar-refractivity contribution is 9.10. The van der Waals surface area contributed by atoms with Crippen molar-refractivity contribution in [3.8, 4) is 55.6 Å². The van der Waals surface area contributed by atoms with Crippen LogP contribution in [0, 0.1) is 23.7 Å². The first kappa shape index (κ1) is 44.5. The number of hydrogen-bond donors (Lipinski definition) is 0. The fourth-order valence-corrected chi connectivity index (χ4v) is 12.6. The lowest BCUT2D eigenvalue weighted by atomic mass is 9.69. The summed E-state index contributed by atoms with van der Waals surface area (Å²) in [6.07, 6.45) is 9.58. The molecule has 0 amide bonds. The highest BCUT2D eigenvalue weighted by atomic mass is 79.9. The van der Waals surface area contributed by atoms with Crippen molar-refractivity contribution in [1.82, 2.24) is 0 Å². The number of rotatable bonds is 14. The minimum absolute atomic E-state index is 0.0152. The van der Waals surface area contributed by atoms with E-state index in [1.165, 1.54) is 149 Å². The molecule has 0 N–H and O–H groups in total. The van der Waals surface area contributed by atoms with E-state index >= 15 is 0 Å². The average molecular weight is 961 g/mol. The highest BCUT2D eigenvalue weighted by Crippen LogP contribution is 2.58. The second-order valence-corrected chi connectivity index (χ2v) is 23.8. The third-order valence-corrected chi connectivity index (χ3v) is 16.6. The Morgan fingerprint density at radius 3 is 0.857 bits per heavy atom. The van der Waals surface area contributed by atoms with Crippen LogP contribution < -0.4 is 0 Å². The third-order valence-electron chi connectivity index (χ3n) is 15.6. The summed E-state index contributed by atoms with van der Waals surface area (Å²) in [6, 6.07) is 43.6. The Hall–Kier alpha value is -3.72. The van der Waals surface area contributed by atoms with Crippen LogP contribution in [0.5, 0.6) is 0 Å². The van der Waals surface area contributed by atoms with E-state index < -0.39 is 0 Å². The van der Waals surface area contributed by atoms with Crippen molar-refractivity contribution in [1.29, 1.82) is 0 Å². The molecule has 0 saturated carbocycles. The first-order valence-corrected chi connectivity index (χ1v) is 25.8. The molecule has 6 aromatic carbocycles. The fourth-order valence-electron chi connectivity index (χ4n) is 11.9. The van der Waals surface area contributed by atoms with Gasteiger partial charge in [0, 0.05) is 25.2 Å². The maximum absolute atomic E-state index is 3.88. The van der Waals surface area contributed by atoms with Gasteiger partial charge in [0.15, 0.2) is 0 Å². The van der Waals surface area contributed by atoms with Crippen LogP contribution in [0.2, 0.25) is 0 Å². The van der Waals surface area contributed by atoms with Crippen LogP contribution in [-0.2, 0) is 16.2 Å². The molecule has 2 heteroatoms. The summed E-state index contributed by atoms with van der Waals surface area (Å²) in [4.78, 5) is 0. The van der Waals surface area contributed by atoms with E-state index in [-0.39, 0.29) is 16.2 Å². The van der Waals surface area contributed by atoms with Gasteiger partial charge in [-0.1, -0.05) is 162 Å². The smallest absolute Gasteiger partial charge is 0.0216 e. The summed E-state index contributed by atoms with van der Waals surface area (Å²) >= 11 is 7.77. The Morgan fingerprint density at radius 2 is 0.571 bits per heavy atom. The molecule has 0 spiro atoms. The predicted molar refractivity (Wildman–Crippen MR) is 279 cm³/mol. The Morgan fingerprint density at radius 1 is 0.333 bits per heavy atom.